The molecule has 0 amide bonds. The minimum atomic E-state index is 0.154. The lowest BCUT2D eigenvalue weighted by Crippen LogP contribution is -2.10. The van der Waals surface area contributed by atoms with Gasteiger partial charge in [0.15, 0.2) is 0 Å². The summed E-state index contributed by atoms with van der Waals surface area (Å²) in [6.07, 6.45) is 17.9. The first-order chi connectivity index (χ1) is 15.0. The third-order valence-electron chi connectivity index (χ3n) is 6.09. The molecule has 182 valence electrons. The molecule has 0 spiro atoms. The predicted octanol–water partition coefficient (Wildman–Crippen LogP) is 9.12. The number of rotatable bonds is 17. The fraction of sp³-hybridized carbons (Fsp3) is 0.667. The maximum atomic E-state index is 12.3. The van der Waals surface area contributed by atoms with Crippen LogP contribution in [-0.4, -0.2) is 11.6 Å². The van der Waals surface area contributed by atoms with Crippen molar-refractivity contribution in [2.75, 3.05) is 0 Å². The minimum absolute atomic E-state index is 0.154. The average Bonchev–Trinajstić information content (AvgIpc) is 2.72. The Morgan fingerprint density at radius 2 is 0.875 bits per heavy atom. The number of carbonyl (C=O) groups excluding carboxylic acids is 2. The summed E-state index contributed by atoms with van der Waals surface area (Å²) >= 11 is 0. The largest absolute Gasteiger partial charge is 0.299 e. The minimum Gasteiger partial charge on any atom is -0.299 e. The fourth-order valence-electron chi connectivity index (χ4n) is 3.56. The van der Waals surface area contributed by atoms with E-state index in [2.05, 4.69) is 79.7 Å². The zero-order valence-electron chi connectivity index (χ0n) is 22.4. The molecule has 2 atom stereocenters. The van der Waals surface area contributed by atoms with E-state index in [1.54, 1.807) is 0 Å². The molecular formula is C30H50O2. The van der Waals surface area contributed by atoms with E-state index in [4.69, 9.17) is 0 Å². The Bertz CT molecular complexity index is 620. The van der Waals surface area contributed by atoms with Crippen LogP contribution in [0.5, 0.6) is 0 Å². The van der Waals surface area contributed by atoms with E-state index in [9.17, 15) is 9.59 Å². The molecule has 2 nitrogen and oxygen atoms in total. The van der Waals surface area contributed by atoms with Gasteiger partial charge in [-0.1, -0.05) is 60.4 Å². The van der Waals surface area contributed by atoms with Gasteiger partial charge in [-0.3, -0.25) is 9.59 Å². The molecule has 0 aliphatic heterocycles. The Balaban J connectivity index is 4.15. The molecule has 0 fully saturated rings. The average molecular weight is 443 g/mol. The van der Waals surface area contributed by atoms with Crippen molar-refractivity contribution in [3.63, 3.8) is 0 Å². The van der Waals surface area contributed by atoms with Crippen molar-refractivity contribution in [2.24, 2.45) is 11.8 Å². The van der Waals surface area contributed by atoms with Gasteiger partial charge >= 0.3 is 0 Å². The first-order valence-electron chi connectivity index (χ1n) is 12.7. The smallest absolute Gasteiger partial charge is 0.136 e. The lowest BCUT2D eigenvalue weighted by Gasteiger charge is -2.10. The third-order valence-corrected chi connectivity index (χ3v) is 6.09. The molecule has 2 heteroatoms. The van der Waals surface area contributed by atoms with Crippen LogP contribution in [0.15, 0.2) is 46.6 Å². The van der Waals surface area contributed by atoms with E-state index in [0.29, 0.717) is 24.4 Å². The highest BCUT2D eigenvalue weighted by molar-refractivity contribution is 5.81. The van der Waals surface area contributed by atoms with Gasteiger partial charge in [-0.15, -0.1) is 0 Å². The van der Waals surface area contributed by atoms with E-state index in [1.807, 2.05) is 0 Å². The SMILES string of the molecule is CC(C)=CCCC(C)C(=O)CCC(C)=CCCC=C(C)CCC(=O)C(C)CCC=C(C)C. The van der Waals surface area contributed by atoms with Crippen LogP contribution in [0.4, 0.5) is 0 Å². The van der Waals surface area contributed by atoms with Crippen molar-refractivity contribution in [3.05, 3.63) is 46.6 Å². The molecule has 0 aliphatic rings. The molecule has 0 aliphatic carbocycles. The van der Waals surface area contributed by atoms with Gasteiger partial charge in [0.2, 0.25) is 0 Å². The molecular weight excluding hydrogens is 392 g/mol. The monoisotopic (exact) mass is 442 g/mol. The van der Waals surface area contributed by atoms with Crippen LogP contribution in [0.3, 0.4) is 0 Å². The maximum Gasteiger partial charge on any atom is 0.136 e. The summed E-state index contributed by atoms with van der Waals surface area (Å²) in [7, 11) is 0. The molecule has 32 heavy (non-hydrogen) atoms. The van der Waals surface area contributed by atoms with Crippen LogP contribution in [0.1, 0.15) is 120 Å². The number of Topliss-reactive ketones (excluding diaryl/α,β-unsaturated/α-hetero) is 2. The molecule has 0 aromatic carbocycles. The molecule has 0 rings (SSSR count). The lowest BCUT2D eigenvalue weighted by molar-refractivity contribution is -0.123. The Kier molecular flexibility index (Phi) is 16.9. The van der Waals surface area contributed by atoms with Crippen molar-refractivity contribution in [1.82, 2.24) is 0 Å². The molecule has 0 aromatic heterocycles. The second kappa shape index (κ2) is 17.8. The Morgan fingerprint density at radius 1 is 0.531 bits per heavy atom. The third kappa shape index (κ3) is 16.9. The second-order valence-corrected chi connectivity index (χ2v) is 10.1. The molecule has 0 radical (unpaired) electrons. The van der Waals surface area contributed by atoms with Gasteiger partial charge in [0.1, 0.15) is 11.6 Å². The van der Waals surface area contributed by atoms with Gasteiger partial charge in [0.05, 0.1) is 0 Å². The highest BCUT2D eigenvalue weighted by atomic mass is 16.1. The molecule has 0 saturated carbocycles. The van der Waals surface area contributed by atoms with Crippen molar-refractivity contribution in [1.29, 1.82) is 0 Å². The molecule has 0 N–H and O–H groups in total. The first-order valence-corrected chi connectivity index (χ1v) is 12.7. The lowest BCUT2D eigenvalue weighted by atomic mass is 9.95. The van der Waals surface area contributed by atoms with Gasteiger partial charge in [0.25, 0.3) is 0 Å². The van der Waals surface area contributed by atoms with E-state index in [1.165, 1.54) is 22.3 Å². The Morgan fingerprint density at radius 3 is 1.19 bits per heavy atom. The Hall–Kier alpha value is -1.70. The molecule has 0 heterocycles. The summed E-state index contributed by atoms with van der Waals surface area (Å²) in [5, 5.41) is 0. The van der Waals surface area contributed by atoms with Crippen LogP contribution in [0.2, 0.25) is 0 Å². The van der Waals surface area contributed by atoms with E-state index < -0.39 is 0 Å². The van der Waals surface area contributed by atoms with Gasteiger partial charge in [-0.25, -0.2) is 0 Å². The van der Waals surface area contributed by atoms with Crippen LogP contribution in [-0.2, 0) is 9.59 Å². The van der Waals surface area contributed by atoms with Crippen molar-refractivity contribution >= 4 is 11.6 Å². The number of unbranched alkanes of at least 4 members (excludes halogenated alkanes) is 1. The second-order valence-electron chi connectivity index (χ2n) is 10.1. The van der Waals surface area contributed by atoms with E-state index in [0.717, 1.165) is 51.4 Å². The number of ketones is 2. The molecule has 0 bridgehead atoms. The summed E-state index contributed by atoms with van der Waals surface area (Å²) in [4.78, 5) is 24.6. The van der Waals surface area contributed by atoms with Crippen LogP contribution < -0.4 is 0 Å². The fourth-order valence-corrected chi connectivity index (χ4v) is 3.56. The van der Waals surface area contributed by atoms with E-state index in [-0.39, 0.29) is 11.8 Å². The van der Waals surface area contributed by atoms with Crippen LogP contribution >= 0.6 is 0 Å². The zero-order chi connectivity index (χ0) is 24.5. The summed E-state index contributed by atoms with van der Waals surface area (Å²) in [5.74, 6) is 1.08. The summed E-state index contributed by atoms with van der Waals surface area (Å²) < 4.78 is 0. The highest BCUT2D eigenvalue weighted by Crippen LogP contribution is 2.17. The van der Waals surface area contributed by atoms with Gasteiger partial charge in [-0.05, 0) is 92.9 Å². The highest BCUT2D eigenvalue weighted by Gasteiger charge is 2.12. The Labute approximate surface area is 199 Å². The summed E-state index contributed by atoms with van der Waals surface area (Å²) in [6.45, 7) is 16.8. The standard InChI is InChI=1S/C30H50O2/c1-23(2)13-11-17-27(7)29(31)21-19-25(5)15-9-10-16-26(6)20-22-30(32)28(8)18-12-14-24(3)4/h13-16,27-28H,9-12,17-22H2,1-8H3. The van der Waals surface area contributed by atoms with Gasteiger partial charge in [0, 0.05) is 24.7 Å². The summed E-state index contributed by atoms with van der Waals surface area (Å²) in [6, 6.07) is 0. The zero-order valence-corrected chi connectivity index (χ0v) is 22.4. The molecule has 0 saturated heterocycles. The van der Waals surface area contributed by atoms with Crippen molar-refractivity contribution in [2.45, 2.75) is 120 Å². The van der Waals surface area contributed by atoms with Crippen molar-refractivity contribution in [3.8, 4) is 0 Å². The topological polar surface area (TPSA) is 34.1 Å². The van der Waals surface area contributed by atoms with Gasteiger partial charge < -0.3 is 0 Å². The van der Waals surface area contributed by atoms with Gasteiger partial charge in [-0.2, -0.15) is 0 Å². The van der Waals surface area contributed by atoms with Crippen molar-refractivity contribution < 1.29 is 9.59 Å². The molecule has 0 aromatic rings. The first kappa shape index (κ1) is 30.3. The predicted molar refractivity (Wildman–Crippen MR) is 141 cm³/mol. The number of hydrogen-bond donors (Lipinski definition) is 0. The number of carbonyl (C=O) groups is 2. The van der Waals surface area contributed by atoms with Crippen LogP contribution in [0.25, 0.3) is 0 Å². The quantitative estimate of drug-likeness (QED) is 0.166. The van der Waals surface area contributed by atoms with E-state index >= 15 is 0 Å². The molecule has 2 unspecified atom stereocenters. The number of hydrogen-bond acceptors (Lipinski definition) is 2. The normalized spacial score (nSPS) is 14.0. The maximum absolute atomic E-state index is 12.3. The summed E-state index contributed by atoms with van der Waals surface area (Å²) in [5.41, 5.74) is 5.26. The number of allylic oxidation sites excluding steroid dienone is 8. The van der Waals surface area contributed by atoms with Crippen LogP contribution in [0, 0.1) is 11.8 Å².